The molecule has 2 saturated heterocycles. The Balaban J connectivity index is 1.19. The topological polar surface area (TPSA) is 108 Å². The Morgan fingerprint density at radius 1 is 0.865 bits per heavy atom. The Bertz CT molecular complexity index is 1220. The number of rotatable bonds is 8. The second-order valence-corrected chi connectivity index (χ2v) is 9.06. The van der Waals surface area contributed by atoms with Gasteiger partial charge in [-0.2, -0.15) is 0 Å². The zero-order valence-corrected chi connectivity index (χ0v) is 21.6. The molecule has 194 valence electrons. The highest BCUT2D eigenvalue weighted by Crippen LogP contribution is 2.30. The van der Waals surface area contributed by atoms with E-state index in [2.05, 4.69) is 25.9 Å². The molecule has 37 heavy (non-hydrogen) atoms. The van der Waals surface area contributed by atoms with E-state index in [9.17, 15) is 0 Å². The maximum absolute atomic E-state index is 6.09. The van der Waals surface area contributed by atoms with Gasteiger partial charge >= 0.3 is 0 Å². The first-order chi connectivity index (χ1) is 18.1. The highest BCUT2D eigenvalue weighted by molar-refractivity contribution is 7.80. The van der Waals surface area contributed by atoms with Crippen LogP contribution in [0.5, 0.6) is 17.2 Å². The molecule has 2 fully saturated rings. The summed E-state index contributed by atoms with van der Waals surface area (Å²) in [5.74, 6) is 2.65. The van der Waals surface area contributed by atoms with Crippen LogP contribution < -0.4 is 30.2 Å². The Morgan fingerprint density at radius 2 is 1.51 bits per heavy atom. The number of anilines is 2. The molecule has 4 atom stereocenters. The Kier molecular flexibility index (Phi) is 7.54. The van der Waals surface area contributed by atoms with Crippen LogP contribution in [0.1, 0.15) is 0 Å². The monoisotopic (exact) mass is 523 g/mol. The van der Waals surface area contributed by atoms with Crippen LogP contribution in [0.2, 0.25) is 0 Å². The number of benzene rings is 2. The van der Waals surface area contributed by atoms with Crippen LogP contribution in [0.3, 0.4) is 0 Å². The van der Waals surface area contributed by atoms with E-state index in [4.69, 9.17) is 35.9 Å². The summed E-state index contributed by atoms with van der Waals surface area (Å²) >= 11 is 5.54. The van der Waals surface area contributed by atoms with E-state index in [1.165, 1.54) is 0 Å². The maximum Gasteiger partial charge on any atom is 0.223 e. The SMILES string of the molecule is COc1ccc(-c2ccnc(N[C@H]3CO[C@H]4[C@@H]3OC[C@@H]4NC(=S)Nc3cc(OC)cc(OC)c3)n2)cc1. The first-order valence-corrected chi connectivity index (χ1v) is 12.2. The molecule has 0 spiro atoms. The Labute approximate surface area is 220 Å². The van der Waals surface area contributed by atoms with Crippen molar-refractivity contribution in [1.29, 1.82) is 0 Å². The summed E-state index contributed by atoms with van der Waals surface area (Å²) < 4.78 is 28.1. The number of nitrogens with zero attached hydrogens (tertiary/aromatic N) is 2. The van der Waals surface area contributed by atoms with Crippen LogP contribution in [0.15, 0.2) is 54.7 Å². The van der Waals surface area contributed by atoms with Gasteiger partial charge in [-0.3, -0.25) is 0 Å². The molecule has 0 aliphatic carbocycles. The third kappa shape index (κ3) is 5.68. The lowest BCUT2D eigenvalue weighted by atomic mass is 10.1. The predicted octanol–water partition coefficient (Wildman–Crippen LogP) is 3.10. The van der Waals surface area contributed by atoms with E-state index in [0.717, 1.165) is 22.7 Å². The molecule has 2 aliphatic rings. The second-order valence-electron chi connectivity index (χ2n) is 8.65. The standard InChI is InChI=1S/C26H29N5O5S/c1-32-17-6-4-15(5-7-17)20-8-9-27-25(29-20)30-21-13-35-24-22(14-36-23(21)24)31-26(37)28-16-10-18(33-2)12-19(11-16)34-3/h4-12,21-24H,13-14H2,1-3H3,(H,27,29,30)(H2,28,31,37)/t21-,22-,23+,24+/m0/s1. The minimum Gasteiger partial charge on any atom is -0.497 e. The lowest BCUT2D eigenvalue weighted by molar-refractivity contribution is 0.0689. The molecule has 1 aromatic heterocycles. The number of nitrogens with one attached hydrogen (secondary N) is 3. The molecule has 2 aromatic carbocycles. The van der Waals surface area contributed by atoms with E-state index in [1.807, 2.05) is 42.5 Å². The molecular formula is C26H29N5O5S. The Hall–Kier alpha value is -3.67. The van der Waals surface area contributed by atoms with Crippen LogP contribution in [-0.4, -0.2) is 73.9 Å². The summed E-state index contributed by atoms with van der Waals surface area (Å²) in [6.45, 7) is 0.931. The number of fused-ring (bicyclic) bond motifs is 1. The van der Waals surface area contributed by atoms with Crippen molar-refractivity contribution in [2.24, 2.45) is 0 Å². The lowest BCUT2D eigenvalue weighted by Gasteiger charge is -2.20. The van der Waals surface area contributed by atoms with E-state index in [0.29, 0.717) is 35.8 Å². The fourth-order valence-corrected chi connectivity index (χ4v) is 4.75. The molecule has 3 heterocycles. The molecule has 10 nitrogen and oxygen atoms in total. The van der Waals surface area contributed by atoms with Gasteiger partial charge in [-0.25, -0.2) is 9.97 Å². The van der Waals surface area contributed by atoms with Gasteiger partial charge in [0.15, 0.2) is 5.11 Å². The number of hydrogen-bond acceptors (Lipinski definition) is 9. The fourth-order valence-electron chi connectivity index (χ4n) is 4.48. The summed E-state index contributed by atoms with van der Waals surface area (Å²) in [6.07, 6.45) is 1.41. The van der Waals surface area contributed by atoms with Crippen LogP contribution in [0.4, 0.5) is 11.6 Å². The molecule has 11 heteroatoms. The molecule has 2 aliphatic heterocycles. The number of ether oxygens (including phenoxy) is 5. The van der Waals surface area contributed by atoms with Crippen molar-refractivity contribution in [2.75, 3.05) is 45.2 Å². The van der Waals surface area contributed by atoms with Crippen LogP contribution in [0, 0.1) is 0 Å². The highest BCUT2D eigenvalue weighted by atomic mass is 32.1. The van der Waals surface area contributed by atoms with E-state index < -0.39 is 0 Å². The summed E-state index contributed by atoms with van der Waals surface area (Å²) in [5, 5.41) is 10.3. The third-order valence-electron chi connectivity index (χ3n) is 6.34. The van der Waals surface area contributed by atoms with Gasteiger partial charge < -0.3 is 39.6 Å². The average molecular weight is 524 g/mol. The highest BCUT2D eigenvalue weighted by Gasteiger charge is 2.48. The molecule has 5 rings (SSSR count). The molecule has 0 unspecified atom stereocenters. The van der Waals surface area contributed by atoms with Crippen LogP contribution in [-0.2, 0) is 9.47 Å². The van der Waals surface area contributed by atoms with Gasteiger partial charge in [-0.05, 0) is 42.5 Å². The molecular weight excluding hydrogens is 494 g/mol. The van der Waals surface area contributed by atoms with Crippen LogP contribution >= 0.6 is 12.2 Å². The van der Waals surface area contributed by atoms with Gasteiger partial charge in [0, 0.05) is 35.6 Å². The van der Waals surface area contributed by atoms with Gasteiger partial charge in [0.1, 0.15) is 29.5 Å². The minimum absolute atomic E-state index is 0.0907. The van der Waals surface area contributed by atoms with Crippen molar-refractivity contribution >= 4 is 29.0 Å². The molecule has 0 amide bonds. The lowest BCUT2D eigenvalue weighted by Crippen LogP contribution is -2.46. The van der Waals surface area contributed by atoms with E-state index in [1.54, 1.807) is 33.6 Å². The average Bonchev–Trinajstić information content (AvgIpc) is 3.51. The third-order valence-corrected chi connectivity index (χ3v) is 6.55. The molecule has 3 aromatic rings. The molecule has 0 saturated carbocycles. The van der Waals surface area contributed by atoms with Gasteiger partial charge in [-0.15, -0.1) is 0 Å². The maximum atomic E-state index is 6.09. The van der Waals surface area contributed by atoms with Crippen molar-refractivity contribution in [3.8, 4) is 28.5 Å². The van der Waals surface area contributed by atoms with Gasteiger partial charge in [0.05, 0.1) is 52.3 Å². The van der Waals surface area contributed by atoms with Gasteiger partial charge in [-0.1, -0.05) is 0 Å². The Morgan fingerprint density at radius 3 is 2.19 bits per heavy atom. The first-order valence-electron chi connectivity index (χ1n) is 11.8. The zero-order chi connectivity index (χ0) is 25.8. The van der Waals surface area contributed by atoms with E-state index in [-0.39, 0.29) is 24.3 Å². The summed E-state index contributed by atoms with van der Waals surface area (Å²) in [4.78, 5) is 9.07. The number of aromatic nitrogens is 2. The predicted molar refractivity (Wildman–Crippen MR) is 144 cm³/mol. The van der Waals surface area contributed by atoms with Crippen molar-refractivity contribution in [1.82, 2.24) is 15.3 Å². The molecule has 0 bridgehead atoms. The smallest absolute Gasteiger partial charge is 0.223 e. The largest absolute Gasteiger partial charge is 0.497 e. The number of methoxy groups -OCH3 is 3. The van der Waals surface area contributed by atoms with Gasteiger partial charge in [0.2, 0.25) is 5.95 Å². The zero-order valence-electron chi connectivity index (χ0n) is 20.8. The minimum atomic E-state index is -0.165. The summed E-state index contributed by atoms with van der Waals surface area (Å²) in [6, 6.07) is 14.9. The van der Waals surface area contributed by atoms with Crippen molar-refractivity contribution in [3.63, 3.8) is 0 Å². The quantitative estimate of drug-likeness (QED) is 0.379. The summed E-state index contributed by atoms with van der Waals surface area (Å²) in [5.41, 5.74) is 2.54. The number of hydrogen-bond donors (Lipinski definition) is 3. The normalized spacial score (nSPS) is 22.1. The number of thiocarbonyl (C=S) groups is 1. The van der Waals surface area contributed by atoms with Crippen molar-refractivity contribution in [3.05, 3.63) is 54.7 Å². The van der Waals surface area contributed by atoms with E-state index >= 15 is 0 Å². The summed E-state index contributed by atoms with van der Waals surface area (Å²) in [7, 11) is 4.85. The fraction of sp³-hybridized carbons (Fsp3) is 0.346. The van der Waals surface area contributed by atoms with Crippen LogP contribution in [0.25, 0.3) is 11.3 Å². The van der Waals surface area contributed by atoms with Crippen molar-refractivity contribution < 1.29 is 23.7 Å². The first kappa shape index (κ1) is 25.0. The molecule has 3 N–H and O–H groups in total. The van der Waals surface area contributed by atoms with Gasteiger partial charge in [0.25, 0.3) is 0 Å². The second kappa shape index (κ2) is 11.2. The molecule has 0 radical (unpaired) electrons. The van der Waals surface area contributed by atoms with Crippen molar-refractivity contribution in [2.45, 2.75) is 24.3 Å².